The van der Waals surface area contributed by atoms with Gasteiger partial charge in [0.05, 0.1) is 23.2 Å². The molecule has 0 aromatic carbocycles. The zero-order valence-corrected chi connectivity index (χ0v) is 17.9. The quantitative estimate of drug-likeness (QED) is 0.515. The van der Waals surface area contributed by atoms with Gasteiger partial charge in [-0.05, 0) is 56.7 Å². The van der Waals surface area contributed by atoms with Crippen LogP contribution in [0, 0.1) is 6.92 Å². The van der Waals surface area contributed by atoms with Gasteiger partial charge < -0.3 is 15.0 Å². The lowest BCUT2D eigenvalue weighted by atomic mass is 10.0. The second-order valence-electron chi connectivity index (χ2n) is 8.06. The normalized spacial score (nSPS) is 11.6. The fourth-order valence-corrected chi connectivity index (χ4v) is 3.30. The molecule has 4 heterocycles. The Kier molecular flexibility index (Phi) is 5.24. The van der Waals surface area contributed by atoms with E-state index in [4.69, 9.17) is 4.98 Å². The first-order valence-electron chi connectivity index (χ1n) is 9.93. The second-order valence-corrected chi connectivity index (χ2v) is 8.06. The van der Waals surface area contributed by atoms with E-state index in [2.05, 4.69) is 20.3 Å². The summed E-state index contributed by atoms with van der Waals surface area (Å²) in [5.41, 5.74) is 3.26. The molecule has 4 rings (SSSR count). The predicted molar refractivity (Wildman–Crippen MR) is 120 cm³/mol. The summed E-state index contributed by atoms with van der Waals surface area (Å²) in [6.07, 6.45) is 4.92. The maximum Gasteiger partial charge on any atom is 0.264 e. The zero-order chi connectivity index (χ0) is 22.2. The highest BCUT2D eigenvalue weighted by atomic mass is 16.3. The van der Waals surface area contributed by atoms with E-state index < -0.39 is 5.60 Å². The number of fused-ring (bicyclic) bond motifs is 1. The predicted octanol–water partition coefficient (Wildman–Crippen LogP) is 2.93. The number of nitrogens with zero attached hydrogens (tertiary/aromatic N) is 5. The van der Waals surface area contributed by atoms with Crippen LogP contribution in [0.5, 0.6) is 0 Å². The molecule has 0 atom stereocenters. The summed E-state index contributed by atoms with van der Waals surface area (Å²) in [5, 5.41) is 13.9. The first-order valence-corrected chi connectivity index (χ1v) is 9.93. The number of hydrogen-bond acceptors (Lipinski definition) is 7. The molecule has 8 heteroatoms. The van der Waals surface area contributed by atoms with Crippen LogP contribution >= 0.6 is 0 Å². The smallest absolute Gasteiger partial charge is 0.264 e. The summed E-state index contributed by atoms with van der Waals surface area (Å²) in [4.78, 5) is 30.5. The highest BCUT2D eigenvalue weighted by Crippen LogP contribution is 2.26. The summed E-state index contributed by atoms with van der Waals surface area (Å²) < 4.78 is 1.44. The first-order chi connectivity index (χ1) is 14.7. The van der Waals surface area contributed by atoms with Crippen molar-refractivity contribution < 1.29 is 5.11 Å². The molecule has 8 nitrogen and oxygen atoms in total. The second kappa shape index (κ2) is 7.88. The molecule has 0 aliphatic rings. The van der Waals surface area contributed by atoms with Crippen LogP contribution in [0.3, 0.4) is 0 Å². The third kappa shape index (κ3) is 4.29. The van der Waals surface area contributed by atoms with E-state index in [1.165, 1.54) is 10.9 Å². The molecule has 0 aliphatic heterocycles. The van der Waals surface area contributed by atoms with Crippen molar-refractivity contribution in [1.29, 1.82) is 0 Å². The van der Waals surface area contributed by atoms with Crippen LogP contribution in [-0.4, -0.2) is 29.6 Å². The summed E-state index contributed by atoms with van der Waals surface area (Å²) >= 11 is 0. The van der Waals surface area contributed by atoms with Gasteiger partial charge in [0.25, 0.3) is 5.56 Å². The molecule has 2 N–H and O–H groups in total. The maximum absolute atomic E-state index is 12.8. The zero-order valence-electron chi connectivity index (χ0n) is 17.9. The molecule has 4 aromatic rings. The largest absolute Gasteiger partial charge is 0.384 e. The maximum atomic E-state index is 12.8. The molecule has 0 bridgehead atoms. The Labute approximate surface area is 179 Å². The topological polar surface area (TPSA) is 106 Å². The molecule has 0 saturated carbocycles. The van der Waals surface area contributed by atoms with E-state index in [-0.39, 0.29) is 5.56 Å². The minimum atomic E-state index is -1.03. The first kappa shape index (κ1) is 20.6. The van der Waals surface area contributed by atoms with Gasteiger partial charge in [-0.3, -0.25) is 14.8 Å². The van der Waals surface area contributed by atoms with Crippen LogP contribution in [0.25, 0.3) is 22.2 Å². The minimum Gasteiger partial charge on any atom is -0.384 e. The summed E-state index contributed by atoms with van der Waals surface area (Å²) in [6.45, 7) is 5.79. The molecule has 31 heavy (non-hydrogen) atoms. The minimum absolute atomic E-state index is 0.173. The molecular formula is C23H24N6O2. The molecule has 0 spiro atoms. The van der Waals surface area contributed by atoms with Gasteiger partial charge in [-0.1, -0.05) is 0 Å². The van der Waals surface area contributed by atoms with Gasteiger partial charge in [-0.2, -0.15) is 0 Å². The molecule has 158 valence electrons. The average molecular weight is 416 g/mol. The molecule has 0 amide bonds. The van der Waals surface area contributed by atoms with Crippen molar-refractivity contribution in [2.75, 3.05) is 5.32 Å². The Hall–Kier alpha value is -3.65. The third-order valence-electron chi connectivity index (χ3n) is 5.01. The lowest BCUT2D eigenvalue weighted by Gasteiger charge is -2.16. The summed E-state index contributed by atoms with van der Waals surface area (Å²) in [6, 6.07) is 9.30. The number of pyridine rings is 3. The van der Waals surface area contributed by atoms with Gasteiger partial charge in [0.1, 0.15) is 16.8 Å². The van der Waals surface area contributed by atoms with Crippen LogP contribution in [-0.2, 0) is 19.2 Å². The fourth-order valence-electron chi connectivity index (χ4n) is 3.30. The molecule has 0 saturated heterocycles. The molecular weight excluding hydrogens is 392 g/mol. The van der Waals surface area contributed by atoms with E-state index >= 15 is 0 Å². The Morgan fingerprint density at radius 3 is 2.61 bits per heavy atom. The number of nitrogens with one attached hydrogen (secondary N) is 1. The monoisotopic (exact) mass is 416 g/mol. The Morgan fingerprint density at radius 1 is 1.13 bits per heavy atom. The van der Waals surface area contributed by atoms with Crippen LogP contribution in [0.2, 0.25) is 0 Å². The highest BCUT2D eigenvalue weighted by Gasteiger charge is 2.18. The van der Waals surface area contributed by atoms with Crippen molar-refractivity contribution in [3.8, 4) is 11.3 Å². The van der Waals surface area contributed by atoms with Crippen molar-refractivity contribution in [3.05, 3.63) is 76.4 Å². The van der Waals surface area contributed by atoms with Gasteiger partial charge >= 0.3 is 0 Å². The van der Waals surface area contributed by atoms with Crippen molar-refractivity contribution in [2.45, 2.75) is 32.9 Å². The lowest BCUT2D eigenvalue weighted by Crippen LogP contribution is -2.19. The molecule has 0 aliphatic carbocycles. The summed E-state index contributed by atoms with van der Waals surface area (Å²) in [7, 11) is 1.66. The van der Waals surface area contributed by atoms with E-state index in [0.29, 0.717) is 34.7 Å². The fraction of sp³-hybridized carbons (Fsp3) is 0.261. The van der Waals surface area contributed by atoms with E-state index in [1.54, 1.807) is 45.4 Å². The average Bonchev–Trinajstić information content (AvgIpc) is 2.74. The van der Waals surface area contributed by atoms with Gasteiger partial charge in [0.15, 0.2) is 0 Å². The highest BCUT2D eigenvalue weighted by molar-refractivity contribution is 5.91. The third-order valence-corrected chi connectivity index (χ3v) is 5.01. The Morgan fingerprint density at radius 2 is 1.94 bits per heavy atom. The van der Waals surface area contributed by atoms with Crippen LogP contribution in [0.15, 0.2) is 53.8 Å². The van der Waals surface area contributed by atoms with Gasteiger partial charge in [-0.15, -0.1) is 0 Å². The van der Waals surface area contributed by atoms with Gasteiger partial charge in [-0.25, -0.2) is 9.97 Å². The van der Waals surface area contributed by atoms with Crippen molar-refractivity contribution in [2.24, 2.45) is 7.05 Å². The van der Waals surface area contributed by atoms with Crippen LogP contribution in [0.4, 0.5) is 5.82 Å². The number of aromatic nitrogens is 5. The van der Waals surface area contributed by atoms with E-state index in [9.17, 15) is 9.90 Å². The van der Waals surface area contributed by atoms with Crippen molar-refractivity contribution >= 4 is 16.7 Å². The number of rotatable bonds is 5. The van der Waals surface area contributed by atoms with Crippen LogP contribution < -0.4 is 10.9 Å². The number of anilines is 1. The van der Waals surface area contributed by atoms with E-state index in [1.807, 2.05) is 25.1 Å². The molecule has 4 aromatic heterocycles. The number of aliphatic hydroxyl groups is 1. The summed E-state index contributed by atoms with van der Waals surface area (Å²) in [5.74, 6) is 0.460. The number of hydrogen-bond donors (Lipinski definition) is 2. The molecule has 0 fully saturated rings. The Bertz CT molecular complexity index is 1310. The lowest BCUT2D eigenvalue weighted by molar-refractivity contribution is 0.0739. The van der Waals surface area contributed by atoms with Gasteiger partial charge in [0.2, 0.25) is 0 Å². The van der Waals surface area contributed by atoms with Crippen LogP contribution in [0.1, 0.15) is 30.8 Å². The van der Waals surface area contributed by atoms with Crippen molar-refractivity contribution in [3.63, 3.8) is 0 Å². The SMILES string of the molecule is Cc1cc(CNc2nc(-c3ccc(C(C)(C)O)nc3)cc3ncn(C)c(=O)c23)ccn1. The van der Waals surface area contributed by atoms with Crippen molar-refractivity contribution in [1.82, 2.24) is 24.5 Å². The van der Waals surface area contributed by atoms with E-state index in [0.717, 1.165) is 16.8 Å². The standard InChI is InChI=1S/C23H24N6O2/c1-14-9-15(7-8-24-14)11-26-21-20-18(27-13-29(4)22(20)30)10-17(28-21)16-5-6-19(25-12-16)23(2,3)31/h5-10,12-13,31H,11H2,1-4H3,(H,26,28). The molecule has 0 radical (unpaired) electrons. The molecule has 0 unspecified atom stereocenters. The number of aryl methyl sites for hydroxylation is 2. The van der Waals surface area contributed by atoms with Gasteiger partial charge in [0, 0.05) is 37.2 Å². The Balaban J connectivity index is 1.79.